The minimum Gasteiger partial charge on any atom is -0.370 e. The van der Waals surface area contributed by atoms with E-state index in [0.29, 0.717) is 6.10 Å². The number of carbonyl (C=O) groups is 1. The molecule has 1 fully saturated rings. The van der Waals surface area contributed by atoms with Crippen molar-refractivity contribution < 1.29 is 9.53 Å². The molecule has 1 aliphatic rings. The second-order valence-corrected chi connectivity index (χ2v) is 7.63. The molecule has 1 aromatic rings. The fraction of sp³-hybridized carbons (Fsp3) is 0.545. The summed E-state index contributed by atoms with van der Waals surface area (Å²) in [7, 11) is 0. The molecule has 0 atom stereocenters. The van der Waals surface area contributed by atoms with Gasteiger partial charge in [0.15, 0.2) is 5.78 Å². The Morgan fingerprint density at radius 2 is 2.12 bits per heavy atom. The zero-order chi connectivity index (χ0) is 11.5. The van der Waals surface area contributed by atoms with Gasteiger partial charge in [-0.1, -0.05) is 12.8 Å². The first-order valence-corrected chi connectivity index (χ1v) is 7.66. The number of ether oxygens (including phenoxy) is 1. The van der Waals surface area contributed by atoms with Gasteiger partial charge in [-0.25, -0.2) is 0 Å². The lowest BCUT2D eigenvalue weighted by Crippen LogP contribution is -2.15. The lowest BCUT2D eigenvalue weighted by atomic mass is 10.2. The Bertz CT molecular complexity index is 383. The summed E-state index contributed by atoms with van der Waals surface area (Å²) in [5, 5.41) is 0. The van der Waals surface area contributed by atoms with E-state index in [9.17, 15) is 4.79 Å². The quantitative estimate of drug-likeness (QED) is 0.736. The second-order valence-electron chi connectivity index (χ2n) is 3.88. The predicted molar refractivity (Wildman–Crippen MR) is 72.3 cm³/mol. The molecule has 88 valence electrons. The standard InChI is InChI=1S/C11H12Br2O2S/c12-10-5-8(11(13)16-10)9(14)6-15-7-3-1-2-4-7/h5,7H,1-4,6H2. The SMILES string of the molecule is O=C(COC1CCCC1)c1cc(Br)sc1Br. The van der Waals surface area contributed by atoms with Crippen molar-refractivity contribution in [2.24, 2.45) is 0 Å². The van der Waals surface area contributed by atoms with Crippen molar-refractivity contribution in [1.82, 2.24) is 0 Å². The molecule has 16 heavy (non-hydrogen) atoms. The fourth-order valence-corrected chi connectivity index (χ4v) is 4.71. The summed E-state index contributed by atoms with van der Waals surface area (Å²) in [4.78, 5) is 11.9. The van der Waals surface area contributed by atoms with Crippen LogP contribution in [0.5, 0.6) is 0 Å². The Morgan fingerprint density at radius 3 is 2.69 bits per heavy atom. The summed E-state index contributed by atoms with van der Waals surface area (Å²) < 4.78 is 7.44. The van der Waals surface area contributed by atoms with Gasteiger partial charge in [0.1, 0.15) is 6.61 Å². The van der Waals surface area contributed by atoms with Crippen LogP contribution in [0.15, 0.2) is 13.6 Å². The van der Waals surface area contributed by atoms with Gasteiger partial charge in [-0.2, -0.15) is 0 Å². The molecule has 2 rings (SSSR count). The van der Waals surface area contributed by atoms with Crippen molar-refractivity contribution in [2.75, 3.05) is 6.61 Å². The van der Waals surface area contributed by atoms with Crippen LogP contribution in [0.4, 0.5) is 0 Å². The number of hydrogen-bond acceptors (Lipinski definition) is 3. The van der Waals surface area contributed by atoms with Crippen LogP contribution < -0.4 is 0 Å². The zero-order valence-corrected chi connectivity index (χ0v) is 12.7. The lowest BCUT2D eigenvalue weighted by Gasteiger charge is -2.09. The minimum atomic E-state index is 0.0562. The van der Waals surface area contributed by atoms with E-state index in [-0.39, 0.29) is 12.4 Å². The van der Waals surface area contributed by atoms with Gasteiger partial charge in [0.05, 0.1) is 13.7 Å². The lowest BCUT2D eigenvalue weighted by molar-refractivity contribution is 0.0482. The summed E-state index contributed by atoms with van der Waals surface area (Å²) in [6.07, 6.45) is 4.95. The van der Waals surface area contributed by atoms with E-state index in [1.54, 1.807) is 0 Å². The Morgan fingerprint density at radius 1 is 1.44 bits per heavy atom. The molecule has 0 spiro atoms. The topological polar surface area (TPSA) is 26.3 Å². The molecule has 1 saturated carbocycles. The van der Waals surface area contributed by atoms with Crippen molar-refractivity contribution in [3.63, 3.8) is 0 Å². The van der Waals surface area contributed by atoms with Crippen molar-refractivity contribution in [3.05, 3.63) is 19.2 Å². The van der Waals surface area contributed by atoms with E-state index in [1.165, 1.54) is 24.2 Å². The van der Waals surface area contributed by atoms with Crippen LogP contribution >= 0.6 is 43.2 Å². The molecule has 0 aromatic carbocycles. The van der Waals surface area contributed by atoms with Crippen LogP contribution in [-0.2, 0) is 4.74 Å². The largest absolute Gasteiger partial charge is 0.370 e. The molecule has 0 aliphatic heterocycles. The Balaban J connectivity index is 1.90. The maximum absolute atomic E-state index is 11.9. The summed E-state index contributed by atoms with van der Waals surface area (Å²) in [5.41, 5.74) is 0.717. The van der Waals surface area contributed by atoms with Crippen molar-refractivity contribution in [1.29, 1.82) is 0 Å². The molecule has 1 aromatic heterocycles. The molecule has 0 amide bonds. The van der Waals surface area contributed by atoms with Crippen molar-refractivity contribution in [3.8, 4) is 0 Å². The average molecular weight is 368 g/mol. The monoisotopic (exact) mass is 366 g/mol. The first-order valence-electron chi connectivity index (χ1n) is 5.26. The normalized spacial score (nSPS) is 16.9. The number of carbonyl (C=O) groups excluding carboxylic acids is 1. The van der Waals surface area contributed by atoms with E-state index in [1.807, 2.05) is 6.07 Å². The third-order valence-corrected chi connectivity index (χ3v) is 5.05. The Kier molecular flexibility index (Phi) is 4.58. The molecular weight excluding hydrogens is 356 g/mol. The third-order valence-electron chi connectivity index (χ3n) is 2.71. The summed E-state index contributed by atoms with van der Waals surface area (Å²) >= 11 is 8.26. The smallest absolute Gasteiger partial charge is 0.190 e. The number of thiophene rings is 1. The van der Waals surface area contributed by atoms with E-state index in [0.717, 1.165) is 26.0 Å². The van der Waals surface area contributed by atoms with Crippen molar-refractivity contribution >= 4 is 49.0 Å². The van der Waals surface area contributed by atoms with E-state index in [2.05, 4.69) is 31.9 Å². The average Bonchev–Trinajstić information content (AvgIpc) is 2.84. The summed E-state index contributed by atoms with van der Waals surface area (Å²) in [6, 6.07) is 1.84. The van der Waals surface area contributed by atoms with Gasteiger partial charge in [-0.15, -0.1) is 11.3 Å². The number of hydrogen-bond donors (Lipinski definition) is 0. The number of ketones is 1. The molecule has 0 unspecified atom stereocenters. The summed E-state index contributed by atoms with van der Waals surface area (Å²) in [5.74, 6) is 0.0562. The Labute approximate surface area is 116 Å². The number of halogens is 2. The minimum absolute atomic E-state index is 0.0562. The molecule has 0 N–H and O–H groups in total. The first-order chi connectivity index (χ1) is 7.66. The number of Topliss-reactive ketones (excluding diaryl/α,β-unsaturated/α-hetero) is 1. The fourth-order valence-electron chi connectivity index (χ4n) is 1.86. The summed E-state index contributed by atoms with van der Waals surface area (Å²) in [6.45, 7) is 0.201. The van der Waals surface area contributed by atoms with Gasteiger partial charge in [0.25, 0.3) is 0 Å². The van der Waals surface area contributed by atoms with Gasteiger partial charge in [-0.05, 0) is 50.8 Å². The second kappa shape index (κ2) is 5.76. The van der Waals surface area contributed by atoms with Crippen LogP contribution in [0.25, 0.3) is 0 Å². The Hall–Kier alpha value is 0.290. The van der Waals surface area contributed by atoms with Crippen LogP contribution in [0.2, 0.25) is 0 Å². The molecule has 1 heterocycles. The van der Waals surface area contributed by atoms with Crippen LogP contribution in [-0.4, -0.2) is 18.5 Å². The molecule has 5 heteroatoms. The van der Waals surface area contributed by atoms with Crippen molar-refractivity contribution in [2.45, 2.75) is 31.8 Å². The maximum Gasteiger partial charge on any atom is 0.190 e. The van der Waals surface area contributed by atoms with Gasteiger partial charge in [-0.3, -0.25) is 4.79 Å². The molecule has 0 saturated heterocycles. The zero-order valence-electron chi connectivity index (χ0n) is 8.67. The van der Waals surface area contributed by atoms with Gasteiger partial charge < -0.3 is 4.74 Å². The van der Waals surface area contributed by atoms with Gasteiger partial charge >= 0.3 is 0 Å². The van der Waals surface area contributed by atoms with E-state index >= 15 is 0 Å². The molecule has 0 bridgehead atoms. The van der Waals surface area contributed by atoms with Gasteiger partial charge in [0.2, 0.25) is 0 Å². The highest BCUT2D eigenvalue weighted by Crippen LogP contribution is 2.32. The molecule has 2 nitrogen and oxygen atoms in total. The van der Waals surface area contributed by atoms with Crippen LogP contribution in [0.3, 0.4) is 0 Å². The molecule has 1 aliphatic carbocycles. The maximum atomic E-state index is 11.9. The highest BCUT2D eigenvalue weighted by atomic mass is 79.9. The van der Waals surface area contributed by atoms with E-state index < -0.39 is 0 Å². The predicted octanol–water partition coefficient (Wildman–Crippen LogP) is 4.42. The highest BCUT2D eigenvalue weighted by Gasteiger charge is 2.19. The third kappa shape index (κ3) is 3.15. The van der Waals surface area contributed by atoms with Gasteiger partial charge in [0, 0.05) is 5.56 Å². The highest BCUT2D eigenvalue weighted by molar-refractivity contribution is 9.12. The first kappa shape index (κ1) is 12.7. The van der Waals surface area contributed by atoms with Crippen LogP contribution in [0.1, 0.15) is 36.0 Å². The molecule has 0 radical (unpaired) electrons. The van der Waals surface area contributed by atoms with Crippen LogP contribution in [0, 0.1) is 0 Å². The molecular formula is C11H12Br2O2S. The van der Waals surface area contributed by atoms with E-state index in [4.69, 9.17) is 4.74 Å². The number of rotatable bonds is 4.